The summed E-state index contributed by atoms with van der Waals surface area (Å²) in [7, 11) is 0. The van der Waals surface area contributed by atoms with Crippen LogP contribution in [0, 0.1) is 0 Å². The zero-order valence-electron chi connectivity index (χ0n) is 25.6. The minimum atomic E-state index is -0.605. The van der Waals surface area contributed by atoms with Crippen LogP contribution in [-0.4, -0.2) is 63.8 Å². The maximum absolute atomic E-state index is 12.8. The standard InChI is InChI=1S/C30H43N11O5/c31-27(42)24(37-33)11-3-5-14-35-29(44)21-9-7-8-20(16-21)17-41-18-22(39-40-41)19-46-26-13-2-1-10-23(26)30(45)36-15-6-4-12-25(38-34)28(32)43/h1-2,7-10,13,16,18,24-25,37-38H,3-6,11-12,14-15,17,19,33-34H2,(H2,31,42)(H2,32,43)(H,35,44)(H,36,45)/t24-,25-/m0/s1. The van der Waals surface area contributed by atoms with Crippen molar-refractivity contribution in [2.45, 2.75) is 63.8 Å². The van der Waals surface area contributed by atoms with Gasteiger partial charge in [0.1, 0.15) is 18.1 Å². The highest BCUT2D eigenvalue weighted by molar-refractivity contribution is 5.97. The quantitative estimate of drug-likeness (QED) is 0.0413. The summed E-state index contributed by atoms with van der Waals surface area (Å²) in [5.74, 6) is 9.51. The highest BCUT2D eigenvalue weighted by atomic mass is 16.5. The lowest BCUT2D eigenvalue weighted by Crippen LogP contribution is -2.45. The first-order chi connectivity index (χ1) is 22.2. The SMILES string of the molecule is NN[C@@H](CCCCNC(=O)c1cccc(Cn2cc(COc3ccccc3C(=O)NCCCC[C@H](NN)C(N)=O)nn2)c1)C(N)=O. The smallest absolute Gasteiger partial charge is 0.255 e. The van der Waals surface area contributed by atoms with Crippen LogP contribution in [-0.2, 0) is 22.7 Å². The largest absolute Gasteiger partial charge is 0.486 e. The lowest BCUT2D eigenvalue weighted by atomic mass is 10.1. The van der Waals surface area contributed by atoms with Crippen LogP contribution in [0.25, 0.3) is 0 Å². The van der Waals surface area contributed by atoms with Gasteiger partial charge in [-0.2, -0.15) is 0 Å². The number of nitrogens with one attached hydrogen (secondary N) is 4. The summed E-state index contributed by atoms with van der Waals surface area (Å²) >= 11 is 0. The minimum absolute atomic E-state index is 0.0921. The molecule has 0 aliphatic rings. The molecule has 3 aromatic rings. The lowest BCUT2D eigenvalue weighted by molar-refractivity contribution is -0.121. The molecule has 0 saturated heterocycles. The lowest BCUT2D eigenvalue weighted by Gasteiger charge is -2.12. The average molecular weight is 638 g/mol. The number of rotatable bonds is 21. The summed E-state index contributed by atoms with van der Waals surface area (Å²) in [4.78, 5) is 47.9. The van der Waals surface area contributed by atoms with Crippen molar-refractivity contribution in [3.05, 3.63) is 77.1 Å². The van der Waals surface area contributed by atoms with E-state index >= 15 is 0 Å². The van der Waals surface area contributed by atoms with Gasteiger partial charge in [0.25, 0.3) is 11.8 Å². The van der Waals surface area contributed by atoms with Crippen LogP contribution >= 0.6 is 0 Å². The van der Waals surface area contributed by atoms with Gasteiger partial charge in [-0.1, -0.05) is 29.5 Å². The average Bonchev–Trinajstić information content (AvgIpc) is 3.50. The topological polar surface area (TPSA) is 260 Å². The molecule has 0 saturated carbocycles. The summed E-state index contributed by atoms with van der Waals surface area (Å²) in [6, 6.07) is 12.9. The second kappa shape index (κ2) is 18.8. The van der Waals surface area contributed by atoms with E-state index in [1.165, 1.54) is 0 Å². The number of benzene rings is 2. The summed E-state index contributed by atoms with van der Waals surface area (Å²) < 4.78 is 7.55. The summed E-state index contributed by atoms with van der Waals surface area (Å²) in [6.45, 7) is 1.33. The van der Waals surface area contributed by atoms with Gasteiger partial charge in [0.15, 0.2) is 0 Å². The molecule has 3 rings (SSSR count). The molecule has 46 heavy (non-hydrogen) atoms. The summed E-state index contributed by atoms with van der Waals surface area (Å²) in [5, 5.41) is 14.1. The molecule has 16 heteroatoms. The van der Waals surface area contributed by atoms with Crippen molar-refractivity contribution >= 4 is 23.6 Å². The fourth-order valence-corrected chi connectivity index (χ4v) is 4.58. The third-order valence-electron chi connectivity index (χ3n) is 7.13. The normalized spacial score (nSPS) is 12.2. The van der Waals surface area contributed by atoms with E-state index in [-0.39, 0.29) is 18.4 Å². The van der Waals surface area contributed by atoms with Gasteiger partial charge in [0, 0.05) is 18.7 Å². The molecule has 0 aliphatic carbocycles. The number of carbonyl (C=O) groups is 4. The Hall–Kier alpha value is -4.90. The fraction of sp³-hybridized carbons (Fsp3) is 0.400. The van der Waals surface area contributed by atoms with Crippen molar-refractivity contribution in [2.75, 3.05) is 13.1 Å². The molecule has 16 nitrogen and oxygen atoms in total. The number of hydrazine groups is 2. The Morgan fingerprint density at radius 2 is 1.43 bits per heavy atom. The highest BCUT2D eigenvalue weighted by Crippen LogP contribution is 2.19. The molecule has 2 aromatic carbocycles. The zero-order chi connectivity index (χ0) is 33.3. The molecule has 0 unspecified atom stereocenters. The van der Waals surface area contributed by atoms with E-state index in [1.807, 2.05) is 6.07 Å². The van der Waals surface area contributed by atoms with Gasteiger partial charge in [-0.15, -0.1) is 5.10 Å². The van der Waals surface area contributed by atoms with Gasteiger partial charge in [0.2, 0.25) is 11.8 Å². The molecule has 2 atom stereocenters. The number of nitrogens with zero attached hydrogens (tertiary/aromatic N) is 3. The van der Waals surface area contributed by atoms with E-state index < -0.39 is 23.9 Å². The van der Waals surface area contributed by atoms with E-state index in [4.69, 9.17) is 27.9 Å². The van der Waals surface area contributed by atoms with Crippen LogP contribution in [0.1, 0.15) is 70.5 Å². The van der Waals surface area contributed by atoms with Crippen molar-refractivity contribution in [2.24, 2.45) is 23.2 Å². The number of para-hydroxylation sites is 1. The first-order valence-corrected chi connectivity index (χ1v) is 15.0. The number of hydrogen-bond donors (Lipinski definition) is 8. The van der Waals surface area contributed by atoms with Crippen molar-refractivity contribution in [1.29, 1.82) is 0 Å². The third kappa shape index (κ3) is 11.6. The fourth-order valence-electron chi connectivity index (χ4n) is 4.58. The molecule has 0 aliphatic heterocycles. The number of amides is 4. The Labute approximate surface area is 266 Å². The van der Waals surface area contributed by atoms with Crippen LogP contribution in [0.5, 0.6) is 5.75 Å². The Morgan fingerprint density at radius 1 is 0.804 bits per heavy atom. The molecular formula is C30H43N11O5. The molecule has 0 bridgehead atoms. The van der Waals surface area contributed by atoms with Gasteiger partial charge in [-0.05, 0) is 68.4 Å². The molecular weight excluding hydrogens is 594 g/mol. The molecule has 0 radical (unpaired) electrons. The van der Waals surface area contributed by atoms with Crippen LogP contribution in [0.3, 0.4) is 0 Å². The van der Waals surface area contributed by atoms with Crippen molar-refractivity contribution in [3.8, 4) is 5.75 Å². The van der Waals surface area contributed by atoms with Gasteiger partial charge in [0.05, 0.1) is 30.4 Å². The van der Waals surface area contributed by atoms with Crippen LogP contribution in [0.15, 0.2) is 54.7 Å². The monoisotopic (exact) mass is 637 g/mol. The second-order valence-electron chi connectivity index (χ2n) is 10.6. The number of unbranched alkanes of at least 4 members (excludes halogenated alkanes) is 2. The Balaban J connectivity index is 1.45. The van der Waals surface area contributed by atoms with Gasteiger partial charge < -0.3 is 26.8 Å². The summed E-state index contributed by atoms with van der Waals surface area (Å²) in [6.07, 6.45) is 5.33. The second-order valence-corrected chi connectivity index (χ2v) is 10.6. The van der Waals surface area contributed by atoms with Gasteiger partial charge >= 0.3 is 0 Å². The van der Waals surface area contributed by atoms with E-state index in [1.54, 1.807) is 53.3 Å². The minimum Gasteiger partial charge on any atom is -0.486 e. The molecule has 1 heterocycles. The van der Waals surface area contributed by atoms with Gasteiger partial charge in [-0.3, -0.25) is 30.9 Å². The van der Waals surface area contributed by atoms with E-state index in [2.05, 4.69) is 31.8 Å². The Morgan fingerprint density at radius 3 is 2.07 bits per heavy atom. The van der Waals surface area contributed by atoms with Crippen LogP contribution < -0.4 is 49.4 Å². The number of primary amides is 2. The first kappa shape index (κ1) is 35.6. The van der Waals surface area contributed by atoms with Crippen molar-refractivity contribution in [1.82, 2.24) is 36.5 Å². The maximum atomic E-state index is 12.8. The first-order valence-electron chi connectivity index (χ1n) is 15.0. The van der Waals surface area contributed by atoms with E-state index in [0.717, 1.165) is 5.56 Å². The van der Waals surface area contributed by atoms with Crippen molar-refractivity contribution < 1.29 is 23.9 Å². The predicted molar refractivity (Wildman–Crippen MR) is 169 cm³/mol. The Bertz CT molecular complexity index is 1450. The molecule has 0 fully saturated rings. The molecule has 12 N–H and O–H groups in total. The molecule has 4 amide bonds. The zero-order valence-corrected chi connectivity index (χ0v) is 25.6. The Kier molecular flexibility index (Phi) is 14.5. The van der Waals surface area contributed by atoms with Gasteiger partial charge in [-0.25, -0.2) is 15.5 Å². The van der Waals surface area contributed by atoms with E-state index in [9.17, 15) is 19.2 Å². The molecule has 248 valence electrons. The predicted octanol–water partition coefficient (Wildman–Crippen LogP) is -0.660. The van der Waals surface area contributed by atoms with Crippen LogP contribution in [0.4, 0.5) is 0 Å². The number of hydrogen-bond acceptors (Lipinski definition) is 11. The van der Waals surface area contributed by atoms with Crippen LogP contribution in [0.2, 0.25) is 0 Å². The van der Waals surface area contributed by atoms with E-state index in [0.29, 0.717) is 80.7 Å². The van der Waals surface area contributed by atoms with Crippen molar-refractivity contribution in [3.63, 3.8) is 0 Å². The number of ether oxygens (including phenoxy) is 1. The number of carbonyl (C=O) groups excluding carboxylic acids is 4. The molecule has 0 spiro atoms. The highest BCUT2D eigenvalue weighted by Gasteiger charge is 2.15. The number of nitrogens with two attached hydrogens (primary N) is 4. The number of aromatic nitrogens is 3. The third-order valence-corrected chi connectivity index (χ3v) is 7.13. The molecule has 1 aromatic heterocycles. The summed E-state index contributed by atoms with van der Waals surface area (Å²) in [5.41, 5.74) is 17.6. The maximum Gasteiger partial charge on any atom is 0.255 e.